The van der Waals surface area contributed by atoms with Gasteiger partial charge in [0.05, 0.1) is 0 Å². The van der Waals surface area contributed by atoms with Crippen molar-refractivity contribution in [2.24, 2.45) is 10.9 Å². The molecule has 3 rings (SSSR count). The molecule has 2 saturated carbocycles. The highest BCUT2D eigenvalue weighted by Crippen LogP contribution is 2.47. The first kappa shape index (κ1) is 17.2. The van der Waals surface area contributed by atoms with Crippen molar-refractivity contribution in [1.82, 2.24) is 15.5 Å². The molecule has 1 unspecified atom stereocenters. The summed E-state index contributed by atoms with van der Waals surface area (Å²) in [6.07, 6.45) is 4.87. The molecule has 0 radical (unpaired) electrons. The first-order chi connectivity index (χ1) is 11.5. The van der Waals surface area contributed by atoms with Crippen molar-refractivity contribution in [2.45, 2.75) is 37.1 Å². The van der Waals surface area contributed by atoms with E-state index in [4.69, 9.17) is 0 Å². The van der Waals surface area contributed by atoms with Crippen LogP contribution >= 0.6 is 0 Å². The highest BCUT2D eigenvalue weighted by atomic mass is 19.1. The third-order valence-corrected chi connectivity index (χ3v) is 5.42. The van der Waals surface area contributed by atoms with Gasteiger partial charge >= 0.3 is 0 Å². The summed E-state index contributed by atoms with van der Waals surface area (Å²) in [5.74, 6) is 1.50. The molecule has 5 heteroatoms. The lowest BCUT2D eigenvalue weighted by Gasteiger charge is -2.26. The topological polar surface area (TPSA) is 39.7 Å². The number of hydrogen-bond donors (Lipinski definition) is 2. The SMILES string of the molecule is CN=C(NCC(C1CC1)N(C)C)NCC1(c2cccc(F)c2)CC1. The number of nitrogens with one attached hydrogen (secondary N) is 2. The highest BCUT2D eigenvalue weighted by Gasteiger charge is 2.44. The minimum atomic E-state index is -0.153. The molecular weight excluding hydrogens is 303 g/mol. The molecule has 4 nitrogen and oxygen atoms in total. The average Bonchev–Trinajstić information content (AvgIpc) is 3.45. The third-order valence-electron chi connectivity index (χ3n) is 5.42. The number of nitrogens with zero attached hydrogens (tertiary/aromatic N) is 2. The summed E-state index contributed by atoms with van der Waals surface area (Å²) in [5, 5.41) is 6.90. The Hall–Kier alpha value is -1.62. The summed E-state index contributed by atoms with van der Waals surface area (Å²) in [7, 11) is 6.09. The number of guanidine groups is 1. The molecule has 132 valence electrons. The van der Waals surface area contributed by atoms with Crippen LogP contribution in [0.4, 0.5) is 4.39 Å². The van der Waals surface area contributed by atoms with Gasteiger partial charge in [-0.3, -0.25) is 4.99 Å². The minimum Gasteiger partial charge on any atom is -0.356 e. The molecule has 0 saturated heterocycles. The van der Waals surface area contributed by atoms with Gasteiger partial charge in [0.1, 0.15) is 5.82 Å². The van der Waals surface area contributed by atoms with E-state index < -0.39 is 0 Å². The molecule has 1 aromatic carbocycles. The normalized spacial score (nSPS) is 20.8. The number of rotatable bonds is 7. The monoisotopic (exact) mass is 332 g/mol. The Morgan fingerprint density at radius 1 is 1.33 bits per heavy atom. The van der Waals surface area contributed by atoms with Crippen molar-refractivity contribution in [3.05, 3.63) is 35.6 Å². The van der Waals surface area contributed by atoms with E-state index in [9.17, 15) is 4.39 Å². The minimum absolute atomic E-state index is 0.0666. The lowest BCUT2D eigenvalue weighted by Crippen LogP contribution is -2.47. The summed E-state index contributed by atoms with van der Waals surface area (Å²) in [5.41, 5.74) is 1.16. The van der Waals surface area contributed by atoms with E-state index in [1.807, 2.05) is 6.07 Å². The Labute approximate surface area is 144 Å². The third kappa shape index (κ3) is 4.07. The number of hydrogen-bond acceptors (Lipinski definition) is 2. The van der Waals surface area contributed by atoms with Gasteiger partial charge in [0.2, 0.25) is 0 Å². The Kier molecular flexibility index (Phi) is 5.09. The van der Waals surface area contributed by atoms with Crippen LogP contribution in [-0.2, 0) is 5.41 Å². The summed E-state index contributed by atoms with van der Waals surface area (Å²) in [6, 6.07) is 7.56. The van der Waals surface area contributed by atoms with Crippen LogP contribution in [0.1, 0.15) is 31.2 Å². The van der Waals surface area contributed by atoms with E-state index in [1.54, 1.807) is 19.2 Å². The molecule has 0 amide bonds. The zero-order valence-electron chi connectivity index (χ0n) is 15.0. The van der Waals surface area contributed by atoms with Crippen molar-refractivity contribution >= 4 is 5.96 Å². The molecule has 2 aliphatic rings. The molecule has 0 spiro atoms. The van der Waals surface area contributed by atoms with E-state index in [-0.39, 0.29) is 11.2 Å². The van der Waals surface area contributed by atoms with Crippen molar-refractivity contribution in [3.63, 3.8) is 0 Å². The van der Waals surface area contributed by atoms with Gasteiger partial charge in [-0.2, -0.15) is 0 Å². The molecule has 0 aliphatic heterocycles. The Bertz CT molecular complexity index is 589. The molecular formula is C19H29FN4. The van der Waals surface area contributed by atoms with Crippen LogP contribution in [0.25, 0.3) is 0 Å². The largest absolute Gasteiger partial charge is 0.356 e. The predicted octanol–water partition coefficient (Wildman–Crippen LogP) is 2.36. The van der Waals surface area contributed by atoms with Crippen LogP contribution in [-0.4, -0.2) is 51.1 Å². The summed E-state index contributed by atoms with van der Waals surface area (Å²) >= 11 is 0. The maximum Gasteiger partial charge on any atom is 0.191 e. The van der Waals surface area contributed by atoms with E-state index in [2.05, 4.69) is 34.6 Å². The zero-order valence-corrected chi connectivity index (χ0v) is 15.0. The van der Waals surface area contributed by atoms with Crippen LogP contribution in [0.15, 0.2) is 29.3 Å². The molecule has 2 N–H and O–H groups in total. The van der Waals surface area contributed by atoms with Crippen molar-refractivity contribution in [3.8, 4) is 0 Å². The van der Waals surface area contributed by atoms with Crippen molar-refractivity contribution < 1.29 is 4.39 Å². The number of aliphatic imine (C=N–C) groups is 1. The zero-order chi connectivity index (χ0) is 17.2. The molecule has 1 atom stereocenters. The van der Waals surface area contributed by atoms with Gasteiger partial charge in [-0.15, -0.1) is 0 Å². The Morgan fingerprint density at radius 3 is 2.62 bits per heavy atom. The molecule has 24 heavy (non-hydrogen) atoms. The standard InChI is InChI=1S/C19H29FN4/c1-21-18(22-12-17(24(2)3)14-7-8-14)23-13-19(9-10-19)15-5-4-6-16(20)11-15/h4-6,11,14,17H,7-10,12-13H2,1-3H3,(H2,21,22,23). The van der Waals surface area contributed by atoms with E-state index in [1.165, 1.54) is 18.9 Å². The lowest BCUT2D eigenvalue weighted by atomic mass is 9.96. The summed E-state index contributed by atoms with van der Waals surface area (Å²) in [4.78, 5) is 6.64. The van der Waals surface area contributed by atoms with Crippen molar-refractivity contribution in [1.29, 1.82) is 0 Å². The van der Waals surface area contributed by atoms with Crippen LogP contribution in [0.3, 0.4) is 0 Å². The fourth-order valence-electron chi connectivity index (χ4n) is 3.46. The van der Waals surface area contributed by atoms with Crippen LogP contribution in [0.2, 0.25) is 0 Å². The molecule has 2 aliphatic carbocycles. The van der Waals surface area contributed by atoms with Gasteiger partial charge in [-0.25, -0.2) is 4.39 Å². The number of likely N-dealkylation sites (N-methyl/N-ethyl adjacent to an activating group) is 1. The molecule has 0 bridgehead atoms. The van der Waals surface area contributed by atoms with Gasteiger partial charge in [-0.1, -0.05) is 12.1 Å². The maximum atomic E-state index is 13.5. The summed E-state index contributed by atoms with van der Waals surface area (Å²) < 4.78 is 13.5. The molecule has 1 aromatic rings. The van der Waals surface area contributed by atoms with Gasteiger partial charge in [0.25, 0.3) is 0 Å². The average molecular weight is 332 g/mol. The molecule has 0 aromatic heterocycles. The van der Waals surface area contributed by atoms with E-state index in [0.29, 0.717) is 6.04 Å². The number of benzene rings is 1. The second-order valence-electron chi connectivity index (χ2n) is 7.47. The fraction of sp³-hybridized carbons (Fsp3) is 0.632. The Morgan fingerprint density at radius 2 is 2.08 bits per heavy atom. The Balaban J connectivity index is 1.53. The summed E-state index contributed by atoms with van der Waals surface area (Å²) in [6.45, 7) is 1.70. The van der Waals surface area contributed by atoms with Crippen LogP contribution in [0, 0.1) is 11.7 Å². The fourth-order valence-corrected chi connectivity index (χ4v) is 3.46. The maximum absolute atomic E-state index is 13.5. The van der Waals surface area contributed by atoms with Gasteiger partial charge in [0, 0.05) is 31.6 Å². The predicted molar refractivity (Wildman–Crippen MR) is 96.9 cm³/mol. The van der Waals surface area contributed by atoms with Crippen molar-refractivity contribution in [2.75, 3.05) is 34.2 Å². The smallest absolute Gasteiger partial charge is 0.191 e. The van der Waals surface area contributed by atoms with Gasteiger partial charge in [0.15, 0.2) is 5.96 Å². The molecule has 0 heterocycles. The van der Waals surface area contributed by atoms with E-state index in [0.717, 1.165) is 43.4 Å². The van der Waals surface area contributed by atoms with Crippen LogP contribution < -0.4 is 10.6 Å². The quantitative estimate of drug-likeness (QED) is 0.595. The van der Waals surface area contributed by atoms with E-state index >= 15 is 0 Å². The first-order valence-electron chi connectivity index (χ1n) is 8.91. The van der Waals surface area contributed by atoms with Crippen LogP contribution in [0.5, 0.6) is 0 Å². The number of halogens is 1. The first-order valence-corrected chi connectivity index (χ1v) is 8.91. The second kappa shape index (κ2) is 7.09. The molecule has 2 fully saturated rings. The lowest BCUT2D eigenvalue weighted by molar-refractivity contribution is 0.264. The van der Waals surface area contributed by atoms with Gasteiger partial charge < -0.3 is 15.5 Å². The highest BCUT2D eigenvalue weighted by molar-refractivity contribution is 5.79. The second-order valence-corrected chi connectivity index (χ2v) is 7.47. The van der Waals surface area contributed by atoms with Gasteiger partial charge in [-0.05, 0) is 63.4 Å².